The molecule has 0 saturated heterocycles. The van der Waals surface area contributed by atoms with Crippen molar-refractivity contribution in [2.24, 2.45) is 17.3 Å². The van der Waals surface area contributed by atoms with Gasteiger partial charge in [-0.2, -0.15) is 0 Å². The van der Waals surface area contributed by atoms with E-state index in [1.54, 1.807) is 20.8 Å². The number of carbonyl (C=O) groups excluding carboxylic acids is 1. The molecule has 25 heavy (non-hydrogen) atoms. The maximum atomic E-state index is 12.2. The summed E-state index contributed by atoms with van der Waals surface area (Å²) in [6, 6.07) is 0. The molecule has 0 spiro atoms. The van der Waals surface area contributed by atoms with Crippen molar-refractivity contribution >= 4 is 15.6 Å². The molecule has 2 fully saturated rings. The minimum atomic E-state index is -3.04. The first-order valence-electron chi connectivity index (χ1n) is 9.85. The molecule has 0 amide bonds. The molecule has 5 heteroatoms. The van der Waals surface area contributed by atoms with E-state index in [0.29, 0.717) is 24.7 Å². The van der Waals surface area contributed by atoms with E-state index in [1.165, 1.54) is 0 Å². The first-order chi connectivity index (χ1) is 11.5. The predicted octanol–water partition coefficient (Wildman–Crippen LogP) is 4.17. The van der Waals surface area contributed by atoms with E-state index in [-0.39, 0.29) is 23.2 Å². The van der Waals surface area contributed by atoms with E-state index in [0.717, 1.165) is 38.5 Å². The Hall–Kier alpha value is -0.420. The van der Waals surface area contributed by atoms with Crippen molar-refractivity contribution in [3.05, 3.63) is 0 Å². The quantitative estimate of drug-likeness (QED) is 0.629. The zero-order chi connectivity index (χ0) is 18.9. The molecule has 2 saturated carbocycles. The molecule has 2 rings (SSSR count). The summed E-state index contributed by atoms with van der Waals surface area (Å²) in [7, 11) is -3.04. The van der Waals surface area contributed by atoms with Gasteiger partial charge in [0.15, 0.2) is 9.84 Å². The highest BCUT2D eigenvalue weighted by atomic mass is 32.2. The van der Waals surface area contributed by atoms with Crippen LogP contribution in [0.1, 0.15) is 79.6 Å². The Kier molecular flexibility index (Phi) is 6.41. The fourth-order valence-electron chi connectivity index (χ4n) is 4.83. The number of hydrogen-bond acceptors (Lipinski definition) is 4. The summed E-state index contributed by atoms with van der Waals surface area (Å²) in [4.78, 5) is 12.2. The van der Waals surface area contributed by atoms with Crippen LogP contribution in [0.15, 0.2) is 0 Å². The molecule has 4 atom stereocenters. The smallest absolute Gasteiger partial charge is 0.155 e. The molecule has 2 aliphatic carbocycles. The summed E-state index contributed by atoms with van der Waals surface area (Å²) in [6.07, 6.45) is 6.54. The Morgan fingerprint density at radius 1 is 1.24 bits per heavy atom. The van der Waals surface area contributed by atoms with Crippen LogP contribution in [0.25, 0.3) is 0 Å². The zero-order valence-corrected chi connectivity index (χ0v) is 17.5. The van der Waals surface area contributed by atoms with Crippen LogP contribution < -0.4 is 0 Å². The van der Waals surface area contributed by atoms with Crippen LogP contribution in [0.2, 0.25) is 0 Å². The average Bonchev–Trinajstić information content (AvgIpc) is 2.84. The molecule has 0 aromatic heterocycles. The lowest BCUT2D eigenvalue weighted by molar-refractivity contribution is -0.131. The van der Waals surface area contributed by atoms with Crippen LogP contribution in [-0.4, -0.2) is 37.4 Å². The summed E-state index contributed by atoms with van der Waals surface area (Å²) in [5.41, 5.74) is 0.102. The van der Waals surface area contributed by atoms with Gasteiger partial charge in [0.2, 0.25) is 0 Å². The second-order valence-electron chi connectivity index (χ2n) is 9.28. The second kappa shape index (κ2) is 7.67. The van der Waals surface area contributed by atoms with E-state index in [9.17, 15) is 13.2 Å². The van der Waals surface area contributed by atoms with Crippen molar-refractivity contribution in [3.63, 3.8) is 0 Å². The molecule has 4 unspecified atom stereocenters. The van der Waals surface area contributed by atoms with Gasteiger partial charge in [0.25, 0.3) is 0 Å². The number of rotatable bonds is 7. The lowest BCUT2D eigenvalue weighted by Crippen LogP contribution is -2.41. The van der Waals surface area contributed by atoms with Gasteiger partial charge in [0, 0.05) is 18.9 Å². The number of ketones is 1. The fraction of sp³-hybridized carbons (Fsp3) is 0.950. The van der Waals surface area contributed by atoms with E-state index in [1.807, 2.05) is 0 Å². The van der Waals surface area contributed by atoms with E-state index in [2.05, 4.69) is 13.8 Å². The summed E-state index contributed by atoms with van der Waals surface area (Å²) in [6.45, 7) is 10.3. The Bertz CT molecular complexity index is 575. The van der Waals surface area contributed by atoms with Crippen molar-refractivity contribution in [1.82, 2.24) is 0 Å². The number of fused-ring (bicyclic) bond motifs is 1. The van der Waals surface area contributed by atoms with E-state index < -0.39 is 14.6 Å². The Labute approximate surface area is 154 Å². The summed E-state index contributed by atoms with van der Waals surface area (Å²) in [5, 5.41) is 0. The molecule has 0 heterocycles. The predicted molar refractivity (Wildman–Crippen MR) is 101 cm³/mol. The third kappa shape index (κ3) is 4.47. The van der Waals surface area contributed by atoms with Crippen molar-refractivity contribution < 1.29 is 17.9 Å². The third-order valence-electron chi connectivity index (χ3n) is 6.62. The first-order valence-corrected chi connectivity index (χ1v) is 11.5. The number of ether oxygens (including phenoxy) is 1. The largest absolute Gasteiger partial charge is 0.378 e. The van der Waals surface area contributed by atoms with Gasteiger partial charge >= 0.3 is 0 Å². The van der Waals surface area contributed by atoms with Gasteiger partial charge in [-0.3, -0.25) is 4.79 Å². The maximum absolute atomic E-state index is 12.2. The fourth-order valence-corrected chi connectivity index (χ4v) is 6.02. The highest BCUT2D eigenvalue weighted by molar-refractivity contribution is 7.92. The first kappa shape index (κ1) is 20.9. The third-order valence-corrected chi connectivity index (χ3v) is 9.32. The van der Waals surface area contributed by atoms with Gasteiger partial charge in [-0.05, 0) is 77.6 Å². The molecule has 0 aromatic carbocycles. The molecule has 0 radical (unpaired) electrons. The highest BCUT2D eigenvalue weighted by Crippen LogP contribution is 2.55. The molecule has 146 valence electrons. The van der Waals surface area contributed by atoms with Crippen LogP contribution in [0.4, 0.5) is 0 Å². The SMILES string of the molecule is CC(OCCCCS(=O)(=O)C(C)(C)C)C1CCC2C(=O)CCCC21C. The lowest BCUT2D eigenvalue weighted by Gasteiger charge is -2.42. The van der Waals surface area contributed by atoms with Gasteiger partial charge in [0.1, 0.15) is 5.78 Å². The van der Waals surface area contributed by atoms with Gasteiger partial charge in [-0.1, -0.05) is 6.92 Å². The van der Waals surface area contributed by atoms with Gasteiger partial charge < -0.3 is 4.74 Å². The number of Topliss-reactive ketones (excluding diaryl/α,β-unsaturated/α-hetero) is 1. The van der Waals surface area contributed by atoms with Gasteiger partial charge in [0.05, 0.1) is 16.6 Å². The van der Waals surface area contributed by atoms with Crippen molar-refractivity contribution in [3.8, 4) is 0 Å². The monoisotopic (exact) mass is 372 g/mol. The summed E-state index contributed by atoms with van der Waals surface area (Å²) >= 11 is 0. The van der Waals surface area contributed by atoms with Crippen LogP contribution in [-0.2, 0) is 19.4 Å². The molecule has 0 N–H and O–H groups in total. The highest BCUT2D eigenvalue weighted by Gasteiger charge is 2.52. The maximum Gasteiger partial charge on any atom is 0.155 e. The minimum Gasteiger partial charge on any atom is -0.378 e. The number of unbranched alkanes of at least 4 members (excludes halogenated alkanes) is 1. The van der Waals surface area contributed by atoms with Crippen LogP contribution in [0, 0.1) is 17.3 Å². The number of sulfone groups is 1. The number of carbonyl (C=O) groups is 1. The Morgan fingerprint density at radius 3 is 2.56 bits per heavy atom. The minimum absolute atomic E-state index is 0.102. The van der Waals surface area contributed by atoms with E-state index in [4.69, 9.17) is 4.74 Å². The second-order valence-corrected chi connectivity index (χ2v) is 12.1. The summed E-state index contributed by atoms with van der Waals surface area (Å²) < 4.78 is 29.6. The molecular formula is C20H36O4S. The van der Waals surface area contributed by atoms with Crippen molar-refractivity contribution in [1.29, 1.82) is 0 Å². The van der Waals surface area contributed by atoms with Gasteiger partial charge in [-0.25, -0.2) is 8.42 Å². The van der Waals surface area contributed by atoms with Crippen LogP contribution in [0.5, 0.6) is 0 Å². The molecular weight excluding hydrogens is 336 g/mol. The Morgan fingerprint density at radius 2 is 1.92 bits per heavy atom. The normalized spacial score (nSPS) is 31.8. The molecule has 4 nitrogen and oxygen atoms in total. The molecule has 0 bridgehead atoms. The topological polar surface area (TPSA) is 60.4 Å². The molecule has 0 aliphatic heterocycles. The van der Waals surface area contributed by atoms with Crippen LogP contribution >= 0.6 is 0 Å². The van der Waals surface area contributed by atoms with Crippen molar-refractivity contribution in [2.45, 2.75) is 90.4 Å². The van der Waals surface area contributed by atoms with Crippen molar-refractivity contribution in [2.75, 3.05) is 12.4 Å². The average molecular weight is 373 g/mol. The standard InChI is InChI=1S/C20H36O4S/c1-15(24-13-6-7-14-25(22,23)19(2,3)4)16-10-11-17-18(21)9-8-12-20(16,17)5/h15-17H,6-14H2,1-5H3. The molecule has 0 aromatic rings. The Balaban J connectivity index is 1.78. The van der Waals surface area contributed by atoms with Gasteiger partial charge in [-0.15, -0.1) is 0 Å². The van der Waals surface area contributed by atoms with Crippen LogP contribution in [0.3, 0.4) is 0 Å². The zero-order valence-electron chi connectivity index (χ0n) is 16.6. The van der Waals surface area contributed by atoms with E-state index >= 15 is 0 Å². The number of hydrogen-bond donors (Lipinski definition) is 0. The lowest BCUT2D eigenvalue weighted by atomic mass is 9.64. The molecule has 2 aliphatic rings. The summed E-state index contributed by atoms with van der Waals surface area (Å²) in [5.74, 6) is 1.36.